The molecule has 0 radical (unpaired) electrons. The molecule has 0 bridgehead atoms. The first-order chi connectivity index (χ1) is 17.5. The van der Waals surface area contributed by atoms with Crippen LogP contribution in [0.25, 0.3) is 6.08 Å². The van der Waals surface area contributed by atoms with Crippen molar-refractivity contribution >= 4 is 39.5 Å². The Hall–Kier alpha value is -4.04. The van der Waals surface area contributed by atoms with Gasteiger partial charge in [-0.3, -0.25) is 15.0 Å². The number of hydrogen-bond acceptors (Lipinski definition) is 5. The maximum absolute atomic E-state index is 12.9. The minimum Gasteiger partial charge on any atom is -0.493 e. The van der Waals surface area contributed by atoms with E-state index in [0.29, 0.717) is 33.8 Å². The second-order valence-electron chi connectivity index (χ2n) is 7.81. The molecule has 1 fully saturated rings. The second-order valence-corrected chi connectivity index (χ2v) is 8.66. The number of anilines is 1. The lowest BCUT2D eigenvalue weighted by molar-refractivity contribution is -0.117. The number of carbonyl (C=O) groups excluding carboxylic acids is 2. The largest absolute Gasteiger partial charge is 0.493 e. The molecule has 36 heavy (non-hydrogen) atoms. The number of nitrogens with one attached hydrogen (secondary N) is 1. The van der Waals surface area contributed by atoms with Gasteiger partial charge in [-0.2, -0.15) is 0 Å². The Bertz CT molecular complexity index is 1310. The van der Waals surface area contributed by atoms with Crippen molar-refractivity contribution in [2.24, 2.45) is 0 Å². The molecule has 0 aliphatic carbocycles. The van der Waals surface area contributed by atoms with Gasteiger partial charge in [-0.25, -0.2) is 5.01 Å². The summed E-state index contributed by atoms with van der Waals surface area (Å²) in [5.74, 6) is 0.825. The maximum atomic E-state index is 12.9. The van der Waals surface area contributed by atoms with E-state index in [9.17, 15) is 9.59 Å². The molecule has 1 N–H and O–H groups in total. The fraction of sp³-hybridized carbons (Fsp3) is 0.143. The van der Waals surface area contributed by atoms with Crippen molar-refractivity contribution in [3.05, 3.63) is 101 Å². The summed E-state index contributed by atoms with van der Waals surface area (Å²) in [5.41, 5.74) is 4.86. The predicted molar refractivity (Wildman–Crippen MR) is 142 cm³/mol. The van der Waals surface area contributed by atoms with Crippen LogP contribution in [0.4, 0.5) is 5.69 Å². The SMILES string of the molecule is C=CCc1ccccc1OCCOc1c(Br)cc(C=C2C(=O)NN(c3ccccc3)C2=O)cc1OC. The Morgan fingerprint density at radius 1 is 0.972 bits per heavy atom. The number of nitrogens with zero attached hydrogens (tertiary/aromatic N) is 1. The number of ether oxygens (including phenoxy) is 3. The van der Waals surface area contributed by atoms with Gasteiger partial charge < -0.3 is 14.2 Å². The number of allylic oxidation sites excluding steroid dienone is 1. The zero-order valence-electron chi connectivity index (χ0n) is 19.7. The van der Waals surface area contributed by atoms with Crippen molar-refractivity contribution in [3.63, 3.8) is 0 Å². The first-order valence-corrected chi connectivity index (χ1v) is 12.0. The van der Waals surface area contributed by atoms with Gasteiger partial charge in [0.2, 0.25) is 0 Å². The summed E-state index contributed by atoms with van der Waals surface area (Å²) >= 11 is 3.51. The normalized spacial score (nSPS) is 14.1. The highest BCUT2D eigenvalue weighted by Crippen LogP contribution is 2.37. The molecular formula is C28H25BrN2O5. The van der Waals surface area contributed by atoms with Crippen LogP contribution in [0.1, 0.15) is 11.1 Å². The Morgan fingerprint density at radius 2 is 1.69 bits per heavy atom. The van der Waals surface area contributed by atoms with Crippen LogP contribution >= 0.6 is 15.9 Å². The minimum absolute atomic E-state index is 0.0214. The molecule has 1 heterocycles. The molecular weight excluding hydrogens is 524 g/mol. The third kappa shape index (κ3) is 5.60. The van der Waals surface area contributed by atoms with E-state index in [1.165, 1.54) is 18.2 Å². The molecule has 1 aliphatic heterocycles. The molecule has 0 saturated carbocycles. The van der Waals surface area contributed by atoms with Gasteiger partial charge in [0.1, 0.15) is 24.5 Å². The molecule has 2 amide bonds. The molecule has 184 valence electrons. The Balaban J connectivity index is 1.46. The number of hydrazine groups is 1. The molecule has 0 aromatic heterocycles. The van der Waals surface area contributed by atoms with Crippen LogP contribution in [-0.4, -0.2) is 32.1 Å². The quantitative estimate of drug-likeness (QED) is 0.165. The molecule has 1 aliphatic rings. The van der Waals surface area contributed by atoms with E-state index in [-0.39, 0.29) is 12.2 Å². The molecule has 4 rings (SSSR count). The number of benzene rings is 3. The monoisotopic (exact) mass is 548 g/mol. The number of methoxy groups -OCH3 is 1. The van der Waals surface area contributed by atoms with E-state index in [2.05, 4.69) is 27.9 Å². The Morgan fingerprint density at radius 3 is 2.44 bits per heavy atom. The molecule has 1 saturated heterocycles. The van der Waals surface area contributed by atoms with Gasteiger partial charge in [0.05, 0.1) is 17.3 Å². The van der Waals surface area contributed by atoms with Gasteiger partial charge in [-0.1, -0.05) is 42.5 Å². The van der Waals surface area contributed by atoms with Crippen molar-refractivity contribution < 1.29 is 23.8 Å². The van der Waals surface area contributed by atoms with Crippen LogP contribution < -0.4 is 24.6 Å². The number of hydrogen-bond donors (Lipinski definition) is 1. The van der Waals surface area contributed by atoms with Crippen LogP contribution in [0.5, 0.6) is 17.2 Å². The smallest absolute Gasteiger partial charge is 0.282 e. The number of carbonyl (C=O) groups is 2. The number of amides is 2. The molecule has 7 nitrogen and oxygen atoms in total. The number of halogens is 1. The van der Waals surface area contributed by atoms with Gasteiger partial charge in [0, 0.05) is 0 Å². The highest BCUT2D eigenvalue weighted by molar-refractivity contribution is 9.10. The third-order valence-corrected chi connectivity index (χ3v) is 5.98. The van der Waals surface area contributed by atoms with Crippen molar-refractivity contribution in [3.8, 4) is 17.2 Å². The summed E-state index contributed by atoms with van der Waals surface area (Å²) in [6, 6.07) is 20.2. The van der Waals surface area contributed by atoms with Crippen LogP contribution in [-0.2, 0) is 16.0 Å². The van der Waals surface area contributed by atoms with Crippen molar-refractivity contribution in [2.45, 2.75) is 6.42 Å². The summed E-state index contributed by atoms with van der Waals surface area (Å²) in [5, 5.41) is 1.23. The third-order valence-electron chi connectivity index (χ3n) is 5.39. The summed E-state index contributed by atoms with van der Waals surface area (Å²) < 4.78 is 17.9. The topological polar surface area (TPSA) is 77.1 Å². The van der Waals surface area contributed by atoms with Crippen LogP contribution in [0, 0.1) is 0 Å². The number of para-hydroxylation sites is 2. The zero-order valence-corrected chi connectivity index (χ0v) is 21.3. The van der Waals surface area contributed by atoms with E-state index in [0.717, 1.165) is 17.7 Å². The molecule has 0 atom stereocenters. The minimum atomic E-state index is -0.479. The van der Waals surface area contributed by atoms with E-state index in [4.69, 9.17) is 14.2 Å². The molecule has 3 aromatic carbocycles. The Kier molecular flexibility index (Phi) is 8.07. The second kappa shape index (κ2) is 11.6. The van der Waals surface area contributed by atoms with Crippen LogP contribution in [0.15, 0.2) is 89.4 Å². The summed E-state index contributed by atoms with van der Waals surface area (Å²) in [6.45, 7) is 4.40. The fourth-order valence-electron chi connectivity index (χ4n) is 3.71. The van der Waals surface area contributed by atoms with Crippen molar-refractivity contribution in [2.75, 3.05) is 25.3 Å². The van der Waals surface area contributed by atoms with E-state index in [1.807, 2.05) is 36.4 Å². The fourth-order valence-corrected chi connectivity index (χ4v) is 4.28. The molecule has 8 heteroatoms. The zero-order chi connectivity index (χ0) is 25.5. The van der Waals surface area contributed by atoms with Gasteiger partial charge >= 0.3 is 0 Å². The first-order valence-electron chi connectivity index (χ1n) is 11.3. The van der Waals surface area contributed by atoms with E-state index in [1.54, 1.807) is 36.4 Å². The van der Waals surface area contributed by atoms with E-state index < -0.39 is 11.8 Å². The summed E-state index contributed by atoms with van der Waals surface area (Å²) in [6.07, 6.45) is 4.08. The lowest BCUT2D eigenvalue weighted by atomic mass is 10.1. The lowest BCUT2D eigenvalue weighted by Crippen LogP contribution is -2.35. The van der Waals surface area contributed by atoms with Gasteiger partial charge in [-0.15, -0.1) is 6.58 Å². The van der Waals surface area contributed by atoms with Crippen LogP contribution in [0.2, 0.25) is 0 Å². The van der Waals surface area contributed by atoms with Crippen molar-refractivity contribution in [1.82, 2.24) is 5.43 Å². The highest BCUT2D eigenvalue weighted by atomic mass is 79.9. The number of rotatable bonds is 10. The maximum Gasteiger partial charge on any atom is 0.282 e. The lowest BCUT2D eigenvalue weighted by Gasteiger charge is -2.15. The van der Waals surface area contributed by atoms with E-state index >= 15 is 0 Å². The average molecular weight is 549 g/mol. The van der Waals surface area contributed by atoms with Crippen molar-refractivity contribution in [1.29, 1.82) is 0 Å². The van der Waals surface area contributed by atoms with Gasteiger partial charge in [0.15, 0.2) is 11.5 Å². The average Bonchev–Trinajstić information content (AvgIpc) is 3.17. The Labute approximate surface area is 218 Å². The molecule has 3 aromatic rings. The van der Waals surface area contributed by atoms with Gasteiger partial charge in [-0.05, 0) is 69.9 Å². The molecule has 0 spiro atoms. The van der Waals surface area contributed by atoms with Gasteiger partial charge in [0.25, 0.3) is 11.8 Å². The standard InChI is InChI=1S/C28H25BrN2O5/c1-3-9-20-10-7-8-13-24(20)35-14-15-36-26-23(29)17-19(18-25(26)34-2)16-22-27(32)30-31(28(22)33)21-11-5-4-6-12-21/h3-8,10-13,16-18H,1,9,14-15H2,2H3,(H,30,32). The summed E-state index contributed by atoms with van der Waals surface area (Å²) in [4.78, 5) is 25.4. The predicted octanol–water partition coefficient (Wildman–Crippen LogP) is 5.11. The highest BCUT2D eigenvalue weighted by Gasteiger charge is 2.34. The van der Waals surface area contributed by atoms with Crippen LogP contribution in [0.3, 0.4) is 0 Å². The first kappa shape index (κ1) is 25.1. The summed E-state index contributed by atoms with van der Waals surface area (Å²) in [7, 11) is 1.53. The molecule has 0 unspecified atom stereocenters.